The minimum Gasteiger partial charge on any atom is -0.350 e. The third-order valence-electron chi connectivity index (χ3n) is 1.27. The summed E-state index contributed by atoms with van der Waals surface area (Å²) in [6.07, 6.45) is 0.586. The van der Waals surface area contributed by atoms with Crippen LogP contribution in [-0.2, 0) is 4.79 Å². The molecule has 0 fully saturated rings. The lowest BCUT2D eigenvalue weighted by molar-refractivity contribution is -0.856. The Labute approximate surface area is 62.4 Å². The van der Waals surface area contributed by atoms with Gasteiger partial charge in [0.15, 0.2) is 0 Å². The zero-order chi connectivity index (χ0) is 7.98. The molecule has 0 bridgehead atoms. The highest BCUT2D eigenvalue weighted by Gasteiger charge is 1.96. The lowest BCUT2D eigenvalue weighted by Crippen LogP contribution is -3.06. The quantitative estimate of drug-likeness (QED) is 0.504. The number of amides is 1. The van der Waals surface area contributed by atoms with Gasteiger partial charge in [-0.2, -0.15) is 0 Å². The van der Waals surface area contributed by atoms with Gasteiger partial charge in [0.1, 0.15) is 0 Å². The summed E-state index contributed by atoms with van der Waals surface area (Å²) in [7, 11) is 4.14. The second kappa shape index (κ2) is 5.23. The van der Waals surface area contributed by atoms with Crippen LogP contribution in [0.1, 0.15) is 13.3 Å². The predicted molar refractivity (Wildman–Crippen MR) is 41.0 cm³/mol. The van der Waals surface area contributed by atoms with E-state index in [1.807, 2.05) is 6.92 Å². The summed E-state index contributed by atoms with van der Waals surface area (Å²) in [5, 5.41) is 2.80. The van der Waals surface area contributed by atoms with E-state index in [-0.39, 0.29) is 5.91 Å². The largest absolute Gasteiger partial charge is 0.350 e. The van der Waals surface area contributed by atoms with E-state index in [1.165, 1.54) is 4.90 Å². The summed E-state index contributed by atoms with van der Waals surface area (Å²) in [4.78, 5) is 12.0. The highest BCUT2D eigenvalue weighted by atomic mass is 16.1. The molecule has 0 aromatic rings. The van der Waals surface area contributed by atoms with Crippen molar-refractivity contribution in [1.82, 2.24) is 5.32 Å². The molecule has 60 valence electrons. The van der Waals surface area contributed by atoms with E-state index in [9.17, 15) is 4.79 Å². The Hall–Kier alpha value is -0.570. The van der Waals surface area contributed by atoms with Gasteiger partial charge in [0.25, 0.3) is 0 Å². The average molecular weight is 145 g/mol. The van der Waals surface area contributed by atoms with Gasteiger partial charge < -0.3 is 10.2 Å². The van der Waals surface area contributed by atoms with Crippen molar-refractivity contribution in [3.05, 3.63) is 0 Å². The standard InChI is InChI=1S/C7H16N2O/c1-4-7(10)8-5-6-9(2)3/h4-6H2,1-3H3,(H,8,10)/p+1. The van der Waals surface area contributed by atoms with Gasteiger partial charge in [-0.15, -0.1) is 0 Å². The molecule has 0 heterocycles. The molecule has 0 aliphatic carbocycles. The smallest absolute Gasteiger partial charge is 0.219 e. The Morgan fingerprint density at radius 1 is 1.50 bits per heavy atom. The number of likely N-dealkylation sites (N-methyl/N-ethyl adjacent to an activating group) is 1. The molecule has 0 saturated carbocycles. The van der Waals surface area contributed by atoms with Gasteiger partial charge in [-0.3, -0.25) is 4.79 Å². The van der Waals surface area contributed by atoms with Crippen LogP contribution in [0.15, 0.2) is 0 Å². The maximum absolute atomic E-state index is 10.7. The summed E-state index contributed by atoms with van der Waals surface area (Å²) in [6.45, 7) is 3.64. The van der Waals surface area contributed by atoms with Gasteiger partial charge in [-0.05, 0) is 0 Å². The molecule has 3 nitrogen and oxygen atoms in total. The van der Waals surface area contributed by atoms with Crippen molar-refractivity contribution < 1.29 is 9.69 Å². The first-order chi connectivity index (χ1) is 4.66. The second-order valence-electron chi connectivity index (χ2n) is 2.66. The van der Waals surface area contributed by atoms with E-state index >= 15 is 0 Å². The highest BCUT2D eigenvalue weighted by molar-refractivity contribution is 5.75. The first kappa shape index (κ1) is 9.43. The summed E-state index contributed by atoms with van der Waals surface area (Å²) in [5.74, 6) is 0.140. The van der Waals surface area contributed by atoms with Crippen LogP contribution in [0.4, 0.5) is 0 Å². The second-order valence-corrected chi connectivity index (χ2v) is 2.66. The molecule has 0 aliphatic rings. The van der Waals surface area contributed by atoms with Crippen molar-refractivity contribution in [3.63, 3.8) is 0 Å². The van der Waals surface area contributed by atoms with Gasteiger partial charge in [0.05, 0.1) is 27.2 Å². The van der Waals surface area contributed by atoms with Crippen LogP contribution in [0.5, 0.6) is 0 Å². The van der Waals surface area contributed by atoms with E-state index in [4.69, 9.17) is 0 Å². The molecule has 2 N–H and O–H groups in total. The van der Waals surface area contributed by atoms with Crippen LogP contribution in [0.25, 0.3) is 0 Å². The van der Waals surface area contributed by atoms with Gasteiger partial charge in [-0.1, -0.05) is 6.92 Å². The minimum atomic E-state index is 0.140. The predicted octanol–water partition coefficient (Wildman–Crippen LogP) is -1.34. The maximum Gasteiger partial charge on any atom is 0.219 e. The molecular weight excluding hydrogens is 128 g/mol. The highest BCUT2D eigenvalue weighted by Crippen LogP contribution is 1.71. The molecule has 0 atom stereocenters. The van der Waals surface area contributed by atoms with Gasteiger partial charge in [-0.25, -0.2) is 0 Å². The van der Waals surface area contributed by atoms with Crippen LogP contribution in [0.3, 0.4) is 0 Å². The molecule has 10 heavy (non-hydrogen) atoms. The van der Waals surface area contributed by atoms with Gasteiger partial charge >= 0.3 is 0 Å². The van der Waals surface area contributed by atoms with E-state index < -0.39 is 0 Å². The van der Waals surface area contributed by atoms with Crippen molar-refractivity contribution in [2.75, 3.05) is 27.2 Å². The van der Waals surface area contributed by atoms with Crippen molar-refractivity contribution in [3.8, 4) is 0 Å². The fourth-order valence-electron chi connectivity index (χ4n) is 0.577. The van der Waals surface area contributed by atoms with Crippen LogP contribution < -0.4 is 10.2 Å². The number of hydrogen-bond donors (Lipinski definition) is 2. The maximum atomic E-state index is 10.7. The van der Waals surface area contributed by atoms with Crippen LogP contribution in [0.2, 0.25) is 0 Å². The zero-order valence-corrected chi connectivity index (χ0v) is 7.03. The molecule has 0 rings (SSSR count). The first-order valence-electron chi connectivity index (χ1n) is 3.72. The molecule has 0 radical (unpaired) electrons. The molecule has 0 saturated heterocycles. The van der Waals surface area contributed by atoms with E-state index in [1.54, 1.807) is 0 Å². The number of nitrogens with one attached hydrogen (secondary N) is 2. The zero-order valence-electron chi connectivity index (χ0n) is 7.03. The van der Waals surface area contributed by atoms with Crippen molar-refractivity contribution >= 4 is 5.91 Å². The fourth-order valence-corrected chi connectivity index (χ4v) is 0.577. The number of carbonyl (C=O) groups excluding carboxylic acids is 1. The number of quaternary nitrogens is 1. The molecule has 0 aromatic heterocycles. The van der Waals surface area contributed by atoms with E-state index in [0.29, 0.717) is 6.42 Å². The Balaban J connectivity index is 3.12. The fraction of sp³-hybridized carbons (Fsp3) is 0.857. The molecule has 0 aromatic carbocycles. The van der Waals surface area contributed by atoms with E-state index in [2.05, 4.69) is 19.4 Å². The number of hydrogen-bond acceptors (Lipinski definition) is 1. The third kappa shape index (κ3) is 5.56. The van der Waals surface area contributed by atoms with Gasteiger partial charge in [0, 0.05) is 6.42 Å². The monoisotopic (exact) mass is 145 g/mol. The Bertz CT molecular complexity index is 102. The lowest BCUT2D eigenvalue weighted by atomic mass is 10.4. The first-order valence-corrected chi connectivity index (χ1v) is 3.72. The normalized spacial score (nSPS) is 10.0. The van der Waals surface area contributed by atoms with Crippen LogP contribution >= 0.6 is 0 Å². The Kier molecular flexibility index (Phi) is 4.94. The molecule has 0 unspecified atom stereocenters. The van der Waals surface area contributed by atoms with Crippen molar-refractivity contribution in [2.24, 2.45) is 0 Å². The number of carbonyl (C=O) groups is 1. The average Bonchev–Trinajstić information content (AvgIpc) is 1.87. The third-order valence-corrected chi connectivity index (χ3v) is 1.27. The number of rotatable bonds is 4. The summed E-state index contributed by atoms with van der Waals surface area (Å²) in [5.41, 5.74) is 0. The summed E-state index contributed by atoms with van der Waals surface area (Å²) < 4.78 is 0. The van der Waals surface area contributed by atoms with E-state index in [0.717, 1.165) is 13.1 Å². The minimum absolute atomic E-state index is 0.140. The SMILES string of the molecule is CCC(=O)NCC[NH+](C)C. The van der Waals surface area contributed by atoms with Gasteiger partial charge in [0.2, 0.25) is 5.91 Å². The van der Waals surface area contributed by atoms with Crippen LogP contribution in [0, 0.1) is 0 Å². The molecule has 3 heteroatoms. The summed E-state index contributed by atoms with van der Waals surface area (Å²) in [6, 6.07) is 0. The Morgan fingerprint density at radius 3 is 2.50 bits per heavy atom. The summed E-state index contributed by atoms with van der Waals surface area (Å²) >= 11 is 0. The molecule has 1 amide bonds. The molecular formula is C7H17N2O+. The lowest BCUT2D eigenvalue weighted by Gasteiger charge is -2.06. The molecule has 0 spiro atoms. The van der Waals surface area contributed by atoms with Crippen molar-refractivity contribution in [2.45, 2.75) is 13.3 Å². The Morgan fingerprint density at radius 2 is 2.10 bits per heavy atom. The van der Waals surface area contributed by atoms with Crippen LogP contribution in [-0.4, -0.2) is 33.1 Å². The topological polar surface area (TPSA) is 33.5 Å². The van der Waals surface area contributed by atoms with Crippen molar-refractivity contribution in [1.29, 1.82) is 0 Å². The molecule has 0 aliphatic heterocycles.